The van der Waals surface area contributed by atoms with Gasteiger partial charge < -0.3 is 9.52 Å². The standard InChI is InChI=1S/C18H14N2O2/c21-11-14-9-10-17(22-14)20-12-19-18-15(7-4-8-16(18)20)13-5-2-1-3-6-13/h1-10,12,21H,11H2. The molecule has 2 heterocycles. The van der Waals surface area contributed by atoms with E-state index in [2.05, 4.69) is 23.2 Å². The fraction of sp³-hybridized carbons (Fsp3) is 0.0556. The topological polar surface area (TPSA) is 51.2 Å². The molecule has 0 unspecified atom stereocenters. The van der Waals surface area contributed by atoms with E-state index in [-0.39, 0.29) is 6.61 Å². The van der Waals surface area contributed by atoms with E-state index in [1.807, 2.05) is 41.0 Å². The van der Waals surface area contributed by atoms with E-state index in [1.165, 1.54) is 0 Å². The molecule has 22 heavy (non-hydrogen) atoms. The molecular weight excluding hydrogens is 276 g/mol. The van der Waals surface area contributed by atoms with Crippen LogP contribution < -0.4 is 0 Å². The Kier molecular flexibility index (Phi) is 3.02. The van der Waals surface area contributed by atoms with Gasteiger partial charge in [-0.15, -0.1) is 0 Å². The van der Waals surface area contributed by atoms with E-state index < -0.39 is 0 Å². The summed E-state index contributed by atoms with van der Waals surface area (Å²) in [5.41, 5.74) is 4.12. The Hall–Kier alpha value is -2.85. The molecule has 0 saturated carbocycles. The zero-order chi connectivity index (χ0) is 14.9. The largest absolute Gasteiger partial charge is 0.442 e. The Morgan fingerprint density at radius 1 is 0.955 bits per heavy atom. The van der Waals surface area contributed by atoms with E-state index in [0.29, 0.717) is 11.6 Å². The number of hydrogen-bond acceptors (Lipinski definition) is 3. The normalized spacial score (nSPS) is 11.1. The van der Waals surface area contributed by atoms with E-state index in [1.54, 1.807) is 12.4 Å². The Morgan fingerprint density at radius 2 is 1.82 bits per heavy atom. The van der Waals surface area contributed by atoms with Crippen molar-refractivity contribution >= 4 is 11.0 Å². The first-order valence-electron chi connectivity index (χ1n) is 7.08. The van der Waals surface area contributed by atoms with Gasteiger partial charge in [-0.05, 0) is 17.7 Å². The summed E-state index contributed by atoms with van der Waals surface area (Å²) < 4.78 is 7.49. The summed E-state index contributed by atoms with van der Waals surface area (Å²) in [6.07, 6.45) is 1.75. The Balaban J connectivity index is 1.90. The van der Waals surface area contributed by atoms with Gasteiger partial charge in [0.05, 0.1) is 11.0 Å². The summed E-state index contributed by atoms with van der Waals surface area (Å²) in [5.74, 6) is 1.19. The van der Waals surface area contributed by atoms with Crippen LogP contribution in [0.2, 0.25) is 0 Å². The minimum absolute atomic E-state index is 0.109. The van der Waals surface area contributed by atoms with Crippen molar-refractivity contribution in [1.82, 2.24) is 9.55 Å². The average Bonchev–Trinajstić information content (AvgIpc) is 3.21. The highest BCUT2D eigenvalue weighted by molar-refractivity contribution is 5.92. The maximum atomic E-state index is 9.14. The molecule has 2 aromatic carbocycles. The molecule has 4 rings (SSSR count). The summed E-state index contributed by atoms with van der Waals surface area (Å²) in [5, 5.41) is 9.14. The Labute approximate surface area is 127 Å². The number of aliphatic hydroxyl groups excluding tert-OH is 1. The third-order valence-electron chi connectivity index (χ3n) is 3.70. The van der Waals surface area contributed by atoms with E-state index in [0.717, 1.165) is 22.2 Å². The number of imidazole rings is 1. The second-order valence-electron chi connectivity index (χ2n) is 5.05. The summed E-state index contributed by atoms with van der Waals surface area (Å²) in [4.78, 5) is 4.55. The van der Waals surface area contributed by atoms with Gasteiger partial charge in [-0.25, -0.2) is 4.98 Å². The lowest BCUT2D eigenvalue weighted by atomic mass is 10.0. The smallest absolute Gasteiger partial charge is 0.205 e. The van der Waals surface area contributed by atoms with Gasteiger partial charge in [0.15, 0.2) is 0 Å². The zero-order valence-electron chi connectivity index (χ0n) is 11.8. The lowest BCUT2D eigenvalue weighted by Crippen LogP contribution is -1.89. The van der Waals surface area contributed by atoms with Crippen LogP contribution in [0.4, 0.5) is 0 Å². The van der Waals surface area contributed by atoms with Crippen LogP contribution in [0.15, 0.2) is 71.4 Å². The predicted molar refractivity (Wildman–Crippen MR) is 84.7 cm³/mol. The van der Waals surface area contributed by atoms with Crippen LogP contribution in [-0.4, -0.2) is 14.7 Å². The molecule has 0 aliphatic heterocycles. The molecule has 0 spiro atoms. The Morgan fingerprint density at radius 3 is 2.59 bits per heavy atom. The molecule has 0 fully saturated rings. The molecule has 0 bridgehead atoms. The van der Waals surface area contributed by atoms with Crippen molar-refractivity contribution in [2.24, 2.45) is 0 Å². The first kappa shape index (κ1) is 12.9. The number of aliphatic hydroxyl groups is 1. The van der Waals surface area contributed by atoms with E-state index >= 15 is 0 Å². The zero-order valence-corrected chi connectivity index (χ0v) is 11.8. The SMILES string of the molecule is OCc1ccc(-n2cnc3c(-c4ccccc4)cccc32)o1. The quantitative estimate of drug-likeness (QED) is 0.624. The summed E-state index contributed by atoms with van der Waals surface area (Å²) in [6, 6.07) is 19.9. The number of aromatic nitrogens is 2. The van der Waals surface area contributed by atoms with Crippen molar-refractivity contribution in [3.63, 3.8) is 0 Å². The molecule has 0 amide bonds. The second kappa shape index (κ2) is 5.16. The van der Waals surface area contributed by atoms with Crippen molar-refractivity contribution in [2.45, 2.75) is 6.61 Å². The van der Waals surface area contributed by atoms with Crippen LogP contribution in [0.25, 0.3) is 28.0 Å². The summed E-state index contributed by atoms with van der Waals surface area (Å²) >= 11 is 0. The number of para-hydroxylation sites is 1. The predicted octanol–water partition coefficient (Wildman–Crippen LogP) is 3.78. The molecule has 4 nitrogen and oxygen atoms in total. The van der Waals surface area contributed by atoms with Crippen LogP contribution >= 0.6 is 0 Å². The molecular formula is C18H14N2O2. The van der Waals surface area contributed by atoms with Gasteiger partial charge in [0, 0.05) is 11.6 Å². The minimum atomic E-state index is -0.109. The fourth-order valence-corrected chi connectivity index (χ4v) is 2.65. The van der Waals surface area contributed by atoms with Crippen molar-refractivity contribution in [3.05, 3.63) is 72.8 Å². The van der Waals surface area contributed by atoms with Crippen LogP contribution in [0, 0.1) is 0 Å². The lowest BCUT2D eigenvalue weighted by Gasteiger charge is -2.04. The van der Waals surface area contributed by atoms with Crippen molar-refractivity contribution in [3.8, 4) is 17.0 Å². The maximum Gasteiger partial charge on any atom is 0.205 e. The third-order valence-corrected chi connectivity index (χ3v) is 3.70. The van der Waals surface area contributed by atoms with E-state index in [9.17, 15) is 0 Å². The number of fused-ring (bicyclic) bond motifs is 1. The molecule has 4 aromatic rings. The number of rotatable bonds is 3. The molecule has 0 radical (unpaired) electrons. The van der Waals surface area contributed by atoms with Crippen LogP contribution in [0.5, 0.6) is 0 Å². The van der Waals surface area contributed by atoms with Crippen LogP contribution in [0.3, 0.4) is 0 Å². The summed E-state index contributed by atoms with van der Waals surface area (Å²) in [6.45, 7) is -0.109. The molecule has 0 atom stereocenters. The molecule has 4 heteroatoms. The molecule has 0 aliphatic carbocycles. The number of benzene rings is 2. The molecule has 1 N–H and O–H groups in total. The monoisotopic (exact) mass is 290 g/mol. The molecule has 108 valence electrons. The third kappa shape index (κ3) is 2.01. The van der Waals surface area contributed by atoms with Gasteiger partial charge in [0.25, 0.3) is 0 Å². The highest BCUT2D eigenvalue weighted by atomic mass is 16.4. The highest BCUT2D eigenvalue weighted by Gasteiger charge is 2.12. The maximum absolute atomic E-state index is 9.14. The summed E-state index contributed by atoms with van der Waals surface area (Å²) in [7, 11) is 0. The first-order valence-corrected chi connectivity index (χ1v) is 7.08. The second-order valence-corrected chi connectivity index (χ2v) is 5.05. The highest BCUT2D eigenvalue weighted by Crippen LogP contribution is 2.29. The van der Waals surface area contributed by atoms with Crippen molar-refractivity contribution < 1.29 is 9.52 Å². The number of hydrogen-bond donors (Lipinski definition) is 1. The van der Waals surface area contributed by atoms with Gasteiger partial charge >= 0.3 is 0 Å². The van der Waals surface area contributed by atoms with Gasteiger partial charge in [0.1, 0.15) is 18.7 Å². The van der Waals surface area contributed by atoms with Crippen LogP contribution in [-0.2, 0) is 6.61 Å². The Bertz CT molecular complexity index is 923. The fourth-order valence-electron chi connectivity index (χ4n) is 2.65. The van der Waals surface area contributed by atoms with Crippen LogP contribution in [0.1, 0.15) is 5.76 Å². The van der Waals surface area contributed by atoms with Gasteiger partial charge in [0.2, 0.25) is 5.88 Å². The van der Waals surface area contributed by atoms with E-state index in [4.69, 9.17) is 9.52 Å². The first-order chi connectivity index (χ1) is 10.9. The van der Waals surface area contributed by atoms with Gasteiger partial charge in [-0.1, -0.05) is 42.5 Å². The van der Waals surface area contributed by atoms with Gasteiger partial charge in [-0.3, -0.25) is 4.57 Å². The number of furan rings is 1. The number of nitrogens with zero attached hydrogens (tertiary/aromatic N) is 2. The molecule has 0 aliphatic rings. The van der Waals surface area contributed by atoms with Gasteiger partial charge in [-0.2, -0.15) is 0 Å². The lowest BCUT2D eigenvalue weighted by molar-refractivity contribution is 0.246. The molecule has 0 saturated heterocycles. The van der Waals surface area contributed by atoms with Crippen molar-refractivity contribution in [1.29, 1.82) is 0 Å². The van der Waals surface area contributed by atoms with Crippen molar-refractivity contribution in [2.75, 3.05) is 0 Å². The average molecular weight is 290 g/mol. The molecule has 2 aromatic heterocycles. The minimum Gasteiger partial charge on any atom is -0.442 e.